The number of carbonyl (C=O) groups excluding carboxylic acids is 3. The van der Waals surface area contributed by atoms with Crippen molar-refractivity contribution in [1.82, 2.24) is 15.5 Å². The predicted molar refractivity (Wildman–Crippen MR) is 73.7 cm³/mol. The van der Waals surface area contributed by atoms with E-state index in [9.17, 15) is 14.4 Å². The number of carbonyl (C=O) groups is 3. The first kappa shape index (κ1) is 15.6. The predicted octanol–water partition coefficient (Wildman–Crippen LogP) is -0.875. The molecule has 1 saturated heterocycles. The average molecular weight is 288 g/mol. The van der Waals surface area contributed by atoms with E-state index in [1.807, 2.05) is 6.26 Å². The van der Waals surface area contributed by atoms with Gasteiger partial charge in [-0.25, -0.2) is 4.79 Å². The minimum absolute atomic E-state index is 0.0367. The zero-order valence-corrected chi connectivity index (χ0v) is 11.8. The number of rotatable bonds is 5. The highest BCUT2D eigenvalue weighted by Gasteiger charge is 2.27. The van der Waals surface area contributed by atoms with Crippen molar-refractivity contribution in [1.29, 1.82) is 0 Å². The lowest BCUT2D eigenvalue weighted by atomic mass is 10.2. The SMILES string of the molecule is CSCCC(NC(N)=O)C(=O)N1CCCNC(=O)C1. The Hall–Kier alpha value is -1.44. The Balaban J connectivity index is 2.66. The number of hydrogen-bond donors (Lipinski definition) is 3. The van der Waals surface area contributed by atoms with Crippen LogP contribution in [0.3, 0.4) is 0 Å². The first-order chi connectivity index (χ1) is 9.04. The third-order valence-electron chi connectivity index (χ3n) is 2.80. The quantitative estimate of drug-likeness (QED) is 0.611. The Morgan fingerprint density at radius 3 is 2.95 bits per heavy atom. The summed E-state index contributed by atoms with van der Waals surface area (Å²) < 4.78 is 0. The fourth-order valence-corrected chi connectivity index (χ4v) is 2.35. The molecular formula is C11H20N4O3S. The summed E-state index contributed by atoms with van der Waals surface area (Å²) in [5, 5.41) is 5.15. The lowest BCUT2D eigenvalue weighted by Gasteiger charge is -2.25. The van der Waals surface area contributed by atoms with Crippen LogP contribution in [0, 0.1) is 0 Å². The third kappa shape index (κ3) is 5.37. The summed E-state index contributed by atoms with van der Waals surface area (Å²) in [5.74, 6) is 0.315. The lowest BCUT2D eigenvalue weighted by molar-refractivity contribution is -0.136. The van der Waals surface area contributed by atoms with Gasteiger partial charge < -0.3 is 21.3 Å². The Morgan fingerprint density at radius 1 is 1.58 bits per heavy atom. The fourth-order valence-electron chi connectivity index (χ4n) is 1.88. The first-order valence-corrected chi connectivity index (χ1v) is 7.54. The van der Waals surface area contributed by atoms with Gasteiger partial charge in [0.05, 0.1) is 6.54 Å². The van der Waals surface area contributed by atoms with Crippen molar-refractivity contribution in [2.45, 2.75) is 18.9 Å². The average Bonchev–Trinajstić information content (AvgIpc) is 2.58. The van der Waals surface area contributed by atoms with E-state index in [1.54, 1.807) is 11.8 Å². The van der Waals surface area contributed by atoms with E-state index in [-0.39, 0.29) is 18.4 Å². The maximum Gasteiger partial charge on any atom is 0.312 e. The molecule has 0 radical (unpaired) electrons. The molecule has 1 aliphatic heterocycles. The van der Waals surface area contributed by atoms with Crippen molar-refractivity contribution in [3.63, 3.8) is 0 Å². The van der Waals surface area contributed by atoms with Gasteiger partial charge in [0, 0.05) is 13.1 Å². The molecule has 108 valence electrons. The van der Waals surface area contributed by atoms with Crippen LogP contribution in [0.15, 0.2) is 0 Å². The van der Waals surface area contributed by atoms with Crippen molar-refractivity contribution in [3.8, 4) is 0 Å². The smallest absolute Gasteiger partial charge is 0.312 e. The van der Waals surface area contributed by atoms with E-state index in [0.29, 0.717) is 25.9 Å². The molecule has 1 unspecified atom stereocenters. The van der Waals surface area contributed by atoms with E-state index in [0.717, 1.165) is 5.75 Å². The minimum atomic E-state index is -0.723. The Kier molecular flexibility index (Phi) is 6.48. The lowest BCUT2D eigenvalue weighted by Crippen LogP contribution is -2.51. The Labute approximate surface area is 116 Å². The van der Waals surface area contributed by atoms with Crippen molar-refractivity contribution < 1.29 is 14.4 Å². The van der Waals surface area contributed by atoms with Gasteiger partial charge in [0.2, 0.25) is 11.8 Å². The molecule has 0 aromatic rings. The van der Waals surface area contributed by atoms with Gasteiger partial charge in [0.25, 0.3) is 0 Å². The highest BCUT2D eigenvalue weighted by molar-refractivity contribution is 7.98. The van der Waals surface area contributed by atoms with Crippen LogP contribution in [0.2, 0.25) is 0 Å². The summed E-state index contributed by atoms with van der Waals surface area (Å²) in [7, 11) is 0. The van der Waals surface area contributed by atoms with Crippen molar-refractivity contribution in [2.75, 3.05) is 31.6 Å². The monoisotopic (exact) mass is 288 g/mol. The van der Waals surface area contributed by atoms with Gasteiger partial charge in [0.1, 0.15) is 6.04 Å². The summed E-state index contributed by atoms with van der Waals surface area (Å²) in [6, 6.07) is -1.38. The third-order valence-corrected chi connectivity index (χ3v) is 3.44. The number of nitrogens with two attached hydrogens (primary N) is 1. The maximum absolute atomic E-state index is 12.3. The Bertz CT molecular complexity index is 351. The van der Waals surface area contributed by atoms with Gasteiger partial charge in [0.15, 0.2) is 0 Å². The van der Waals surface area contributed by atoms with Crippen LogP contribution in [-0.4, -0.2) is 60.4 Å². The van der Waals surface area contributed by atoms with E-state index in [4.69, 9.17) is 5.73 Å². The van der Waals surface area contributed by atoms with Crippen LogP contribution >= 0.6 is 11.8 Å². The topological polar surface area (TPSA) is 105 Å². The highest BCUT2D eigenvalue weighted by atomic mass is 32.2. The molecule has 7 nitrogen and oxygen atoms in total. The van der Waals surface area contributed by atoms with Gasteiger partial charge in [-0.3, -0.25) is 9.59 Å². The number of thioether (sulfide) groups is 1. The molecule has 1 aliphatic rings. The molecule has 0 spiro atoms. The van der Waals surface area contributed by atoms with Crippen LogP contribution in [0.5, 0.6) is 0 Å². The molecule has 1 rings (SSSR count). The summed E-state index contributed by atoms with van der Waals surface area (Å²) in [5.41, 5.74) is 5.08. The molecule has 0 aromatic carbocycles. The van der Waals surface area contributed by atoms with E-state index >= 15 is 0 Å². The second-order valence-electron chi connectivity index (χ2n) is 4.31. The molecule has 0 bridgehead atoms. The van der Waals surface area contributed by atoms with Gasteiger partial charge in [-0.15, -0.1) is 0 Å². The van der Waals surface area contributed by atoms with E-state index in [2.05, 4.69) is 10.6 Å². The molecule has 0 aromatic heterocycles. The van der Waals surface area contributed by atoms with Gasteiger partial charge in [-0.05, 0) is 24.9 Å². The molecule has 1 fully saturated rings. The number of nitrogens with zero attached hydrogens (tertiary/aromatic N) is 1. The normalized spacial score (nSPS) is 17.3. The van der Waals surface area contributed by atoms with E-state index in [1.165, 1.54) is 4.90 Å². The van der Waals surface area contributed by atoms with Crippen LogP contribution in [0.25, 0.3) is 0 Å². The molecular weight excluding hydrogens is 268 g/mol. The van der Waals surface area contributed by atoms with Crippen LogP contribution < -0.4 is 16.4 Å². The zero-order chi connectivity index (χ0) is 14.3. The number of nitrogens with one attached hydrogen (secondary N) is 2. The molecule has 4 amide bonds. The number of hydrogen-bond acceptors (Lipinski definition) is 4. The second-order valence-corrected chi connectivity index (χ2v) is 5.29. The molecule has 19 heavy (non-hydrogen) atoms. The zero-order valence-electron chi connectivity index (χ0n) is 11.0. The van der Waals surface area contributed by atoms with Crippen LogP contribution in [0.1, 0.15) is 12.8 Å². The maximum atomic E-state index is 12.3. The number of urea groups is 1. The standard InChI is InChI=1S/C11H20N4O3S/c1-19-6-3-8(14-11(12)18)10(17)15-5-2-4-13-9(16)7-15/h8H,2-7H2,1H3,(H,13,16)(H3,12,14,18). The molecule has 4 N–H and O–H groups in total. The minimum Gasteiger partial charge on any atom is -0.354 e. The summed E-state index contributed by atoms with van der Waals surface area (Å²) >= 11 is 1.58. The van der Waals surface area contributed by atoms with Crippen molar-refractivity contribution in [3.05, 3.63) is 0 Å². The summed E-state index contributed by atoms with van der Waals surface area (Å²) in [6.07, 6.45) is 3.13. The summed E-state index contributed by atoms with van der Waals surface area (Å²) in [6.45, 7) is 1.12. The second kappa shape index (κ2) is 7.88. The van der Waals surface area contributed by atoms with Crippen molar-refractivity contribution >= 4 is 29.6 Å². The number of primary amides is 1. The van der Waals surface area contributed by atoms with Crippen LogP contribution in [-0.2, 0) is 9.59 Å². The molecule has 1 heterocycles. The molecule has 0 aliphatic carbocycles. The van der Waals surface area contributed by atoms with Gasteiger partial charge >= 0.3 is 6.03 Å². The Morgan fingerprint density at radius 2 is 2.32 bits per heavy atom. The summed E-state index contributed by atoms with van der Waals surface area (Å²) in [4.78, 5) is 36.2. The molecule has 0 saturated carbocycles. The van der Waals surface area contributed by atoms with Gasteiger partial charge in [-0.2, -0.15) is 11.8 Å². The largest absolute Gasteiger partial charge is 0.354 e. The molecule has 8 heteroatoms. The number of amides is 4. The van der Waals surface area contributed by atoms with Crippen molar-refractivity contribution in [2.24, 2.45) is 5.73 Å². The van der Waals surface area contributed by atoms with Crippen LogP contribution in [0.4, 0.5) is 4.79 Å². The fraction of sp³-hybridized carbons (Fsp3) is 0.727. The molecule has 1 atom stereocenters. The highest BCUT2D eigenvalue weighted by Crippen LogP contribution is 2.06. The van der Waals surface area contributed by atoms with E-state index < -0.39 is 12.1 Å². The van der Waals surface area contributed by atoms with Gasteiger partial charge in [-0.1, -0.05) is 0 Å². The first-order valence-electron chi connectivity index (χ1n) is 6.15.